The van der Waals surface area contributed by atoms with Gasteiger partial charge in [0.2, 0.25) is 0 Å². The normalized spacial score (nSPS) is 9.69. The molecule has 0 saturated heterocycles. The third kappa shape index (κ3) is 3.78. The molecule has 2 aromatic carbocycles. The summed E-state index contributed by atoms with van der Waals surface area (Å²) in [5.41, 5.74) is 3.75. The minimum absolute atomic E-state index is 0.906. The van der Waals surface area contributed by atoms with Gasteiger partial charge >= 0.3 is 0 Å². The van der Waals surface area contributed by atoms with Crippen LogP contribution in [-0.4, -0.2) is 9.97 Å². The maximum absolute atomic E-state index is 4.08. The van der Waals surface area contributed by atoms with Crippen molar-refractivity contribution in [2.45, 2.75) is 0 Å². The maximum Gasteiger partial charge on any atom is 0.0432 e. The quantitative estimate of drug-likeness (QED) is 0.446. The maximum atomic E-state index is 4.08. The lowest BCUT2D eigenvalue weighted by Gasteiger charge is -2.00. The largest absolute Gasteiger partial charge is 0.263 e. The number of aromatic nitrogens is 2. The molecule has 0 aliphatic heterocycles. The first kappa shape index (κ1) is 15.6. The first-order chi connectivity index (χ1) is 12.9. The lowest BCUT2D eigenvalue weighted by molar-refractivity contribution is 1.31. The highest BCUT2D eigenvalue weighted by Crippen LogP contribution is 2.17. The molecule has 0 atom stereocenters. The third-order valence-electron chi connectivity index (χ3n) is 3.87. The van der Waals surface area contributed by atoms with Crippen LogP contribution in [0.1, 0.15) is 22.3 Å². The Labute approximate surface area is 152 Å². The van der Waals surface area contributed by atoms with E-state index in [2.05, 4.69) is 57.9 Å². The summed E-state index contributed by atoms with van der Waals surface area (Å²) in [6.07, 6.45) is 7.02. The molecule has 0 saturated carbocycles. The van der Waals surface area contributed by atoms with E-state index in [0.29, 0.717) is 0 Å². The van der Waals surface area contributed by atoms with Crippen molar-refractivity contribution in [3.05, 3.63) is 108 Å². The standard InChI is InChI=1S/C24H14N2/c1-3-21(17-25-13-1)7-5-19-9-11-23-12-10-20(16-24(23)15-19)6-8-22-4-2-14-26-18-22/h1-4,9-18H. The number of nitrogens with zero attached hydrogens (tertiary/aromatic N) is 2. The van der Waals surface area contributed by atoms with Crippen molar-refractivity contribution in [3.63, 3.8) is 0 Å². The van der Waals surface area contributed by atoms with E-state index in [0.717, 1.165) is 27.6 Å². The molecule has 2 aromatic heterocycles. The minimum Gasteiger partial charge on any atom is -0.263 e. The second-order valence-electron chi connectivity index (χ2n) is 5.76. The molecule has 0 unspecified atom stereocenters. The summed E-state index contributed by atoms with van der Waals surface area (Å²) in [6.45, 7) is 0. The summed E-state index contributed by atoms with van der Waals surface area (Å²) in [7, 11) is 0. The first-order valence-electron chi connectivity index (χ1n) is 8.25. The lowest BCUT2D eigenvalue weighted by Crippen LogP contribution is -1.81. The highest BCUT2D eigenvalue weighted by molar-refractivity contribution is 5.85. The Hall–Kier alpha value is -3.88. The summed E-state index contributed by atoms with van der Waals surface area (Å²) in [4.78, 5) is 8.16. The molecular formula is C24H14N2. The number of hydrogen-bond acceptors (Lipinski definition) is 2. The van der Waals surface area contributed by atoms with Crippen molar-refractivity contribution in [1.82, 2.24) is 9.97 Å². The van der Waals surface area contributed by atoms with Crippen molar-refractivity contribution in [2.75, 3.05) is 0 Å². The second kappa shape index (κ2) is 7.34. The van der Waals surface area contributed by atoms with Gasteiger partial charge in [0.1, 0.15) is 0 Å². The molecule has 0 N–H and O–H groups in total. The van der Waals surface area contributed by atoms with Crippen LogP contribution >= 0.6 is 0 Å². The van der Waals surface area contributed by atoms with Gasteiger partial charge in [0.25, 0.3) is 0 Å². The van der Waals surface area contributed by atoms with Gasteiger partial charge in [-0.3, -0.25) is 9.97 Å². The fraction of sp³-hybridized carbons (Fsp3) is 0. The molecule has 4 rings (SSSR count). The number of hydrogen-bond donors (Lipinski definition) is 0. The van der Waals surface area contributed by atoms with Crippen molar-refractivity contribution in [2.24, 2.45) is 0 Å². The highest BCUT2D eigenvalue weighted by atomic mass is 14.6. The molecule has 2 heteroatoms. The predicted molar refractivity (Wildman–Crippen MR) is 104 cm³/mol. The number of rotatable bonds is 0. The Morgan fingerprint density at radius 1 is 0.500 bits per heavy atom. The number of fused-ring (bicyclic) bond motifs is 1. The molecule has 0 radical (unpaired) electrons. The van der Waals surface area contributed by atoms with Crippen molar-refractivity contribution < 1.29 is 0 Å². The van der Waals surface area contributed by atoms with Crippen LogP contribution < -0.4 is 0 Å². The highest BCUT2D eigenvalue weighted by Gasteiger charge is 1.97. The van der Waals surface area contributed by atoms with E-state index >= 15 is 0 Å². The zero-order chi connectivity index (χ0) is 17.6. The SMILES string of the molecule is C(#Cc1ccc2ccc(C#Cc3cccnc3)cc2c1)c1cccnc1. The van der Waals surface area contributed by atoms with E-state index in [-0.39, 0.29) is 0 Å². The van der Waals surface area contributed by atoms with Crippen LogP contribution in [0.25, 0.3) is 10.8 Å². The molecule has 2 heterocycles. The lowest BCUT2D eigenvalue weighted by atomic mass is 10.0. The molecule has 0 aliphatic rings. The predicted octanol–water partition coefficient (Wildman–Crippen LogP) is 4.43. The van der Waals surface area contributed by atoms with Gasteiger partial charge in [0.05, 0.1) is 0 Å². The summed E-state index contributed by atoms with van der Waals surface area (Å²) < 4.78 is 0. The van der Waals surface area contributed by atoms with Crippen molar-refractivity contribution in [3.8, 4) is 23.7 Å². The van der Waals surface area contributed by atoms with Gasteiger partial charge in [0.15, 0.2) is 0 Å². The Bertz CT molecular complexity index is 1080. The van der Waals surface area contributed by atoms with Crippen LogP contribution in [0.15, 0.2) is 85.5 Å². The summed E-state index contributed by atoms with van der Waals surface area (Å²) in [6, 6.07) is 20.1. The molecule has 0 spiro atoms. The van der Waals surface area contributed by atoms with Gasteiger partial charge in [-0.05, 0) is 59.3 Å². The summed E-state index contributed by atoms with van der Waals surface area (Å²) in [5.74, 6) is 12.7. The van der Waals surface area contributed by atoms with E-state index in [9.17, 15) is 0 Å². The fourth-order valence-corrected chi connectivity index (χ4v) is 2.56. The molecule has 4 aromatic rings. The Morgan fingerprint density at radius 3 is 1.46 bits per heavy atom. The van der Waals surface area contributed by atoms with Gasteiger partial charge in [-0.1, -0.05) is 35.8 Å². The van der Waals surface area contributed by atoms with Crippen LogP contribution in [0.5, 0.6) is 0 Å². The average molecular weight is 330 g/mol. The van der Waals surface area contributed by atoms with E-state index in [1.807, 2.05) is 36.4 Å². The molecule has 0 bridgehead atoms. The molecule has 120 valence electrons. The average Bonchev–Trinajstić information content (AvgIpc) is 2.72. The minimum atomic E-state index is 0.906. The molecule has 0 aliphatic carbocycles. The Morgan fingerprint density at radius 2 is 1.00 bits per heavy atom. The smallest absolute Gasteiger partial charge is 0.0432 e. The van der Waals surface area contributed by atoms with Gasteiger partial charge in [0, 0.05) is 47.0 Å². The van der Waals surface area contributed by atoms with Crippen LogP contribution in [0.2, 0.25) is 0 Å². The van der Waals surface area contributed by atoms with Gasteiger partial charge in [-0.25, -0.2) is 0 Å². The van der Waals surface area contributed by atoms with Gasteiger partial charge in [-0.2, -0.15) is 0 Å². The summed E-state index contributed by atoms with van der Waals surface area (Å²) >= 11 is 0. The van der Waals surface area contributed by atoms with E-state index in [1.165, 1.54) is 5.39 Å². The van der Waals surface area contributed by atoms with Crippen molar-refractivity contribution >= 4 is 10.8 Å². The third-order valence-corrected chi connectivity index (χ3v) is 3.87. The molecule has 2 nitrogen and oxygen atoms in total. The van der Waals surface area contributed by atoms with E-state index in [1.54, 1.807) is 24.8 Å². The van der Waals surface area contributed by atoms with Crippen LogP contribution in [0, 0.1) is 23.7 Å². The molecule has 0 amide bonds. The monoisotopic (exact) mass is 330 g/mol. The molecule has 0 fully saturated rings. The van der Waals surface area contributed by atoms with Crippen LogP contribution in [-0.2, 0) is 0 Å². The number of pyridine rings is 2. The second-order valence-corrected chi connectivity index (χ2v) is 5.76. The van der Waals surface area contributed by atoms with Gasteiger partial charge < -0.3 is 0 Å². The molecule has 26 heavy (non-hydrogen) atoms. The fourth-order valence-electron chi connectivity index (χ4n) is 2.56. The van der Waals surface area contributed by atoms with Gasteiger partial charge in [-0.15, -0.1) is 0 Å². The first-order valence-corrected chi connectivity index (χ1v) is 8.25. The van der Waals surface area contributed by atoms with Crippen LogP contribution in [0.4, 0.5) is 0 Å². The van der Waals surface area contributed by atoms with E-state index < -0.39 is 0 Å². The summed E-state index contributed by atoms with van der Waals surface area (Å²) in [5, 5.41) is 2.30. The zero-order valence-electron chi connectivity index (χ0n) is 14.0. The number of benzene rings is 2. The zero-order valence-corrected chi connectivity index (χ0v) is 14.0. The van der Waals surface area contributed by atoms with Crippen LogP contribution in [0.3, 0.4) is 0 Å². The van der Waals surface area contributed by atoms with Crippen molar-refractivity contribution in [1.29, 1.82) is 0 Å². The van der Waals surface area contributed by atoms with E-state index in [4.69, 9.17) is 0 Å². The molecular weight excluding hydrogens is 316 g/mol. The topological polar surface area (TPSA) is 25.8 Å². The Balaban J connectivity index is 1.65. The Kier molecular flexibility index (Phi) is 4.42.